The fourth-order valence-corrected chi connectivity index (χ4v) is 4.01. The van der Waals surface area contributed by atoms with Crippen LogP contribution < -0.4 is 15.0 Å². The van der Waals surface area contributed by atoms with Gasteiger partial charge >= 0.3 is 5.97 Å². The summed E-state index contributed by atoms with van der Waals surface area (Å²) in [6.45, 7) is 3.89. The van der Waals surface area contributed by atoms with Crippen molar-refractivity contribution in [3.63, 3.8) is 0 Å². The van der Waals surface area contributed by atoms with Gasteiger partial charge in [0.25, 0.3) is 5.91 Å². The average Bonchev–Trinajstić information content (AvgIpc) is 3.17. The van der Waals surface area contributed by atoms with Gasteiger partial charge in [0.2, 0.25) is 5.91 Å². The topological polar surface area (TPSA) is 97.8 Å². The molecular weight excluding hydrogens is 406 g/mol. The maximum atomic E-state index is 12.6. The summed E-state index contributed by atoms with van der Waals surface area (Å²) >= 11 is 1.26. The van der Waals surface area contributed by atoms with Crippen LogP contribution in [-0.2, 0) is 9.53 Å². The first-order chi connectivity index (χ1) is 14.4. The first-order valence-electron chi connectivity index (χ1n) is 9.15. The van der Waals surface area contributed by atoms with E-state index in [2.05, 4.69) is 15.0 Å². The quantitative estimate of drug-likeness (QED) is 0.602. The molecule has 9 heteroatoms. The van der Waals surface area contributed by atoms with E-state index in [0.717, 1.165) is 4.70 Å². The Morgan fingerprint density at radius 2 is 1.73 bits per heavy atom. The van der Waals surface area contributed by atoms with Crippen LogP contribution in [0, 0.1) is 0 Å². The molecular formula is C21H21N3O5S. The molecule has 0 saturated heterocycles. The summed E-state index contributed by atoms with van der Waals surface area (Å²) in [4.78, 5) is 42.3. The van der Waals surface area contributed by atoms with E-state index in [0.29, 0.717) is 39.8 Å². The monoisotopic (exact) mass is 427 g/mol. The minimum atomic E-state index is -0.473. The zero-order valence-electron chi connectivity index (χ0n) is 17.0. The summed E-state index contributed by atoms with van der Waals surface area (Å²) in [5.41, 5.74) is 2.00. The zero-order chi connectivity index (χ0) is 21.8. The fraction of sp³-hybridized carbons (Fsp3) is 0.238. The molecule has 8 nitrogen and oxygen atoms in total. The van der Waals surface area contributed by atoms with Gasteiger partial charge in [-0.2, -0.15) is 0 Å². The number of amides is 2. The fourth-order valence-electron chi connectivity index (χ4n) is 3.01. The standard InChI is InChI=1S/C21H21N3O5S/c1-5-24(12(2)25)15-10-11-16(28-3)17-18(15)30-21(22-17)23-19(26)13-6-8-14(9-7-13)20(27)29-4/h6-11H,5H2,1-4H3,(H,22,23,26). The number of methoxy groups -OCH3 is 2. The van der Waals surface area contributed by atoms with Crippen molar-refractivity contribution in [3.8, 4) is 5.75 Å². The molecule has 0 radical (unpaired) electrons. The molecule has 0 aliphatic carbocycles. The summed E-state index contributed by atoms with van der Waals surface area (Å²) in [6.07, 6.45) is 0. The third-order valence-corrected chi connectivity index (χ3v) is 5.47. The van der Waals surface area contributed by atoms with Crippen LogP contribution in [0.25, 0.3) is 10.2 Å². The summed E-state index contributed by atoms with van der Waals surface area (Å²) < 4.78 is 10.8. The highest BCUT2D eigenvalue weighted by Crippen LogP contribution is 2.39. The third kappa shape index (κ3) is 4.11. The maximum Gasteiger partial charge on any atom is 0.337 e. The summed E-state index contributed by atoms with van der Waals surface area (Å²) in [5.74, 6) is -0.384. The number of ether oxygens (including phenoxy) is 2. The molecule has 0 saturated carbocycles. The molecule has 0 aliphatic heterocycles. The van der Waals surface area contributed by atoms with Crippen LogP contribution in [0.5, 0.6) is 5.75 Å². The van der Waals surface area contributed by atoms with E-state index < -0.39 is 5.97 Å². The summed E-state index contributed by atoms with van der Waals surface area (Å²) in [6, 6.07) is 9.67. The molecule has 2 amide bonds. The Morgan fingerprint density at radius 1 is 1.07 bits per heavy atom. The molecule has 0 aliphatic rings. The van der Waals surface area contributed by atoms with Crippen molar-refractivity contribution in [3.05, 3.63) is 47.5 Å². The number of thiazole rings is 1. The molecule has 1 N–H and O–H groups in total. The van der Waals surface area contributed by atoms with Crippen LogP contribution in [0.4, 0.5) is 10.8 Å². The second-order valence-electron chi connectivity index (χ2n) is 6.27. The van der Waals surface area contributed by atoms with Gasteiger partial charge in [0.15, 0.2) is 5.13 Å². The first kappa shape index (κ1) is 21.3. The highest BCUT2D eigenvalue weighted by molar-refractivity contribution is 7.23. The van der Waals surface area contributed by atoms with Crippen LogP contribution in [0.2, 0.25) is 0 Å². The molecule has 0 atom stereocenters. The molecule has 3 aromatic rings. The Bertz CT molecular complexity index is 1110. The van der Waals surface area contributed by atoms with Gasteiger partial charge in [0.1, 0.15) is 11.3 Å². The van der Waals surface area contributed by atoms with E-state index in [1.807, 2.05) is 6.92 Å². The maximum absolute atomic E-state index is 12.6. The number of carbonyl (C=O) groups is 3. The van der Waals surface area contributed by atoms with Gasteiger partial charge in [-0.15, -0.1) is 0 Å². The lowest BCUT2D eigenvalue weighted by atomic mass is 10.1. The van der Waals surface area contributed by atoms with Gasteiger partial charge in [-0.05, 0) is 43.3 Å². The molecule has 1 aromatic heterocycles. The minimum absolute atomic E-state index is 0.0892. The van der Waals surface area contributed by atoms with Gasteiger partial charge < -0.3 is 14.4 Å². The zero-order valence-corrected chi connectivity index (χ0v) is 17.8. The lowest BCUT2D eigenvalue weighted by Crippen LogP contribution is -2.27. The number of carbonyl (C=O) groups excluding carboxylic acids is 3. The van der Waals surface area contributed by atoms with Crippen LogP contribution in [0.15, 0.2) is 36.4 Å². The van der Waals surface area contributed by atoms with Gasteiger partial charge in [-0.3, -0.25) is 14.9 Å². The van der Waals surface area contributed by atoms with Crippen LogP contribution in [0.3, 0.4) is 0 Å². The van der Waals surface area contributed by atoms with Crippen molar-refractivity contribution in [1.29, 1.82) is 0 Å². The normalized spacial score (nSPS) is 10.5. The van der Waals surface area contributed by atoms with E-state index in [1.54, 1.807) is 17.0 Å². The highest BCUT2D eigenvalue weighted by Gasteiger charge is 2.20. The van der Waals surface area contributed by atoms with Crippen molar-refractivity contribution in [2.45, 2.75) is 13.8 Å². The largest absolute Gasteiger partial charge is 0.494 e. The Kier molecular flexibility index (Phi) is 6.31. The number of rotatable bonds is 6. The second-order valence-corrected chi connectivity index (χ2v) is 7.27. The number of anilines is 2. The predicted octanol–water partition coefficient (Wildman–Crippen LogP) is 3.72. The molecule has 30 heavy (non-hydrogen) atoms. The first-order valence-corrected chi connectivity index (χ1v) is 9.96. The number of nitrogens with zero attached hydrogens (tertiary/aromatic N) is 2. The number of hydrogen-bond donors (Lipinski definition) is 1. The Hall–Kier alpha value is -3.46. The van der Waals surface area contributed by atoms with Crippen molar-refractivity contribution >= 4 is 50.2 Å². The number of esters is 1. The lowest BCUT2D eigenvalue weighted by molar-refractivity contribution is -0.116. The highest BCUT2D eigenvalue weighted by atomic mass is 32.1. The van der Waals surface area contributed by atoms with Gasteiger partial charge in [-0.25, -0.2) is 9.78 Å². The van der Waals surface area contributed by atoms with E-state index in [-0.39, 0.29) is 11.8 Å². The van der Waals surface area contributed by atoms with Gasteiger partial charge in [0.05, 0.1) is 30.2 Å². The number of nitrogens with one attached hydrogen (secondary N) is 1. The molecule has 0 bridgehead atoms. The van der Waals surface area contributed by atoms with Crippen molar-refractivity contribution in [1.82, 2.24) is 4.98 Å². The molecule has 1 heterocycles. The van der Waals surface area contributed by atoms with E-state index in [4.69, 9.17) is 4.74 Å². The Labute approximate surface area is 177 Å². The predicted molar refractivity (Wildman–Crippen MR) is 116 cm³/mol. The molecule has 3 rings (SSSR count). The Morgan fingerprint density at radius 3 is 2.30 bits per heavy atom. The smallest absolute Gasteiger partial charge is 0.337 e. The van der Waals surface area contributed by atoms with Crippen molar-refractivity contribution in [2.24, 2.45) is 0 Å². The van der Waals surface area contributed by atoms with Gasteiger partial charge in [-0.1, -0.05) is 11.3 Å². The van der Waals surface area contributed by atoms with Crippen molar-refractivity contribution < 1.29 is 23.9 Å². The van der Waals surface area contributed by atoms with Crippen molar-refractivity contribution in [2.75, 3.05) is 31.0 Å². The summed E-state index contributed by atoms with van der Waals surface area (Å²) in [7, 11) is 2.84. The number of aromatic nitrogens is 1. The van der Waals surface area contributed by atoms with Crippen LogP contribution >= 0.6 is 11.3 Å². The molecule has 0 spiro atoms. The molecule has 0 fully saturated rings. The average molecular weight is 427 g/mol. The lowest BCUT2D eigenvalue weighted by Gasteiger charge is -2.19. The van der Waals surface area contributed by atoms with E-state index >= 15 is 0 Å². The SMILES string of the molecule is CCN(C(C)=O)c1ccc(OC)c2nc(NC(=O)c3ccc(C(=O)OC)cc3)sc12. The minimum Gasteiger partial charge on any atom is -0.494 e. The van der Waals surface area contributed by atoms with E-state index in [9.17, 15) is 14.4 Å². The third-order valence-electron chi connectivity index (χ3n) is 4.48. The van der Waals surface area contributed by atoms with E-state index in [1.165, 1.54) is 56.7 Å². The van der Waals surface area contributed by atoms with Gasteiger partial charge in [0, 0.05) is 19.0 Å². The molecule has 156 valence electrons. The van der Waals surface area contributed by atoms with Crippen LogP contribution in [0.1, 0.15) is 34.6 Å². The number of fused-ring (bicyclic) bond motifs is 1. The Balaban J connectivity index is 1.94. The molecule has 2 aromatic carbocycles. The van der Waals surface area contributed by atoms with Crippen LogP contribution in [-0.4, -0.2) is 43.5 Å². The number of hydrogen-bond acceptors (Lipinski definition) is 7. The molecule has 0 unspecified atom stereocenters. The summed E-state index contributed by atoms with van der Waals surface area (Å²) in [5, 5.41) is 3.14. The second kappa shape index (κ2) is 8.91. The number of benzene rings is 2.